The summed E-state index contributed by atoms with van der Waals surface area (Å²) < 4.78 is 10.8. The standard InChI is InChI=1S/C17H24O4/c1-3-20-16(18)14-8-10-17(19,11-9-14)12-21-15-7-5-4-6-13(15)2/h4-7,14,19H,3,8-12H2,1-2H3. The van der Waals surface area contributed by atoms with E-state index in [1.165, 1.54) is 0 Å². The normalized spacial score (nSPS) is 25.4. The van der Waals surface area contributed by atoms with Crippen LogP contribution in [0.1, 0.15) is 38.2 Å². The summed E-state index contributed by atoms with van der Waals surface area (Å²) in [5.74, 6) is 0.585. The van der Waals surface area contributed by atoms with Crippen LogP contribution in [0.15, 0.2) is 24.3 Å². The molecule has 0 radical (unpaired) electrons. The Balaban J connectivity index is 1.85. The van der Waals surface area contributed by atoms with Crippen molar-refractivity contribution in [1.29, 1.82) is 0 Å². The van der Waals surface area contributed by atoms with Crippen molar-refractivity contribution in [2.75, 3.05) is 13.2 Å². The summed E-state index contributed by atoms with van der Waals surface area (Å²) in [6, 6.07) is 7.77. The molecule has 0 bridgehead atoms. The van der Waals surface area contributed by atoms with E-state index in [4.69, 9.17) is 9.47 Å². The maximum atomic E-state index is 11.7. The molecule has 0 saturated heterocycles. The van der Waals surface area contributed by atoms with Crippen molar-refractivity contribution in [2.45, 2.75) is 45.1 Å². The van der Waals surface area contributed by atoms with Gasteiger partial charge in [0, 0.05) is 0 Å². The number of rotatable bonds is 5. The summed E-state index contributed by atoms with van der Waals surface area (Å²) in [6.45, 7) is 4.48. The van der Waals surface area contributed by atoms with Crippen LogP contribution in [0.25, 0.3) is 0 Å². The molecular formula is C17H24O4. The Morgan fingerprint density at radius 3 is 2.62 bits per heavy atom. The second-order valence-corrected chi connectivity index (χ2v) is 5.80. The minimum Gasteiger partial charge on any atom is -0.490 e. The van der Waals surface area contributed by atoms with E-state index in [0.29, 0.717) is 32.3 Å². The average molecular weight is 292 g/mol. The highest BCUT2D eigenvalue weighted by Crippen LogP contribution is 2.33. The molecule has 116 valence electrons. The summed E-state index contributed by atoms with van der Waals surface area (Å²) in [4.78, 5) is 11.7. The van der Waals surface area contributed by atoms with E-state index < -0.39 is 5.60 Å². The zero-order valence-electron chi connectivity index (χ0n) is 12.8. The van der Waals surface area contributed by atoms with Crippen molar-refractivity contribution in [1.82, 2.24) is 0 Å². The van der Waals surface area contributed by atoms with Gasteiger partial charge < -0.3 is 14.6 Å². The monoisotopic (exact) mass is 292 g/mol. The highest BCUT2D eigenvalue weighted by Gasteiger charge is 2.37. The smallest absolute Gasteiger partial charge is 0.308 e. The molecule has 1 saturated carbocycles. The Labute approximate surface area is 126 Å². The maximum absolute atomic E-state index is 11.7. The maximum Gasteiger partial charge on any atom is 0.308 e. The van der Waals surface area contributed by atoms with Gasteiger partial charge in [-0.1, -0.05) is 18.2 Å². The van der Waals surface area contributed by atoms with Crippen LogP contribution < -0.4 is 4.74 Å². The van der Waals surface area contributed by atoms with Gasteiger partial charge in [-0.3, -0.25) is 4.79 Å². The van der Waals surface area contributed by atoms with Crippen LogP contribution >= 0.6 is 0 Å². The molecule has 0 spiro atoms. The summed E-state index contributed by atoms with van der Waals surface area (Å²) in [7, 11) is 0. The minimum absolute atomic E-state index is 0.0799. The number of benzene rings is 1. The van der Waals surface area contributed by atoms with Crippen molar-refractivity contribution >= 4 is 5.97 Å². The third kappa shape index (κ3) is 4.21. The fourth-order valence-corrected chi connectivity index (χ4v) is 2.73. The van der Waals surface area contributed by atoms with E-state index >= 15 is 0 Å². The van der Waals surface area contributed by atoms with Gasteiger partial charge in [0.2, 0.25) is 0 Å². The fourth-order valence-electron chi connectivity index (χ4n) is 2.73. The molecular weight excluding hydrogens is 268 g/mol. The number of carbonyl (C=O) groups is 1. The Morgan fingerprint density at radius 1 is 1.33 bits per heavy atom. The van der Waals surface area contributed by atoms with E-state index in [0.717, 1.165) is 11.3 Å². The van der Waals surface area contributed by atoms with Gasteiger partial charge in [-0.15, -0.1) is 0 Å². The molecule has 2 rings (SSSR count). The fraction of sp³-hybridized carbons (Fsp3) is 0.588. The van der Waals surface area contributed by atoms with Gasteiger partial charge in [-0.25, -0.2) is 0 Å². The van der Waals surface area contributed by atoms with Crippen LogP contribution in [-0.2, 0) is 9.53 Å². The molecule has 4 nitrogen and oxygen atoms in total. The zero-order chi connectivity index (χ0) is 15.3. The molecule has 4 heteroatoms. The molecule has 1 aromatic rings. The second kappa shape index (κ2) is 6.94. The van der Waals surface area contributed by atoms with Gasteiger partial charge in [-0.05, 0) is 51.2 Å². The summed E-state index contributed by atoms with van der Waals surface area (Å²) >= 11 is 0. The third-order valence-electron chi connectivity index (χ3n) is 4.13. The van der Waals surface area contributed by atoms with Crippen molar-refractivity contribution in [2.24, 2.45) is 5.92 Å². The van der Waals surface area contributed by atoms with Crippen molar-refractivity contribution in [3.63, 3.8) is 0 Å². The van der Waals surface area contributed by atoms with E-state index in [1.54, 1.807) is 0 Å². The predicted octanol–water partition coefficient (Wildman–Crippen LogP) is 2.86. The molecule has 1 aliphatic carbocycles. The van der Waals surface area contributed by atoms with Gasteiger partial charge in [-0.2, -0.15) is 0 Å². The lowest BCUT2D eigenvalue weighted by molar-refractivity contribution is -0.151. The molecule has 1 aromatic carbocycles. The number of para-hydroxylation sites is 1. The number of hydrogen-bond donors (Lipinski definition) is 1. The molecule has 0 heterocycles. The summed E-state index contributed by atoms with van der Waals surface area (Å²) in [6.07, 6.45) is 2.46. The molecule has 21 heavy (non-hydrogen) atoms. The summed E-state index contributed by atoms with van der Waals surface area (Å²) in [5.41, 5.74) is 0.215. The second-order valence-electron chi connectivity index (χ2n) is 5.80. The van der Waals surface area contributed by atoms with E-state index in [9.17, 15) is 9.90 Å². The van der Waals surface area contributed by atoms with Gasteiger partial charge in [0.15, 0.2) is 0 Å². The van der Waals surface area contributed by atoms with Crippen LogP contribution in [0.2, 0.25) is 0 Å². The molecule has 1 fully saturated rings. The van der Waals surface area contributed by atoms with Crippen LogP contribution in [0.5, 0.6) is 5.75 Å². The lowest BCUT2D eigenvalue weighted by Crippen LogP contribution is -2.41. The summed E-state index contributed by atoms with van der Waals surface area (Å²) in [5, 5.41) is 10.6. The van der Waals surface area contributed by atoms with Crippen molar-refractivity contribution < 1.29 is 19.4 Å². The molecule has 1 N–H and O–H groups in total. The molecule has 0 aliphatic heterocycles. The number of hydrogen-bond acceptors (Lipinski definition) is 4. The first-order valence-corrected chi connectivity index (χ1v) is 7.61. The van der Waals surface area contributed by atoms with E-state index in [1.807, 2.05) is 38.1 Å². The number of carbonyl (C=O) groups excluding carboxylic acids is 1. The number of aryl methyl sites for hydroxylation is 1. The van der Waals surface area contributed by atoms with Gasteiger partial charge in [0.1, 0.15) is 12.4 Å². The van der Waals surface area contributed by atoms with Crippen LogP contribution in [0, 0.1) is 12.8 Å². The Morgan fingerprint density at radius 2 is 2.00 bits per heavy atom. The lowest BCUT2D eigenvalue weighted by Gasteiger charge is -2.34. The first-order valence-electron chi connectivity index (χ1n) is 7.61. The van der Waals surface area contributed by atoms with Gasteiger partial charge in [0.25, 0.3) is 0 Å². The number of esters is 1. The van der Waals surface area contributed by atoms with Crippen molar-refractivity contribution in [3.8, 4) is 5.75 Å². The molecule has 0 aromatic heterocycles. The first-order chi connectivity index (χ1) is 10.0. The molecule has 0 atom stereocenters. The van der Waals surface area contributed by atoms with Gasteiger partial charge in [0.05, 0.1) is 18.1 Å². The van der Waals surface area contributed by atoms with Gasteiger partial charge >= 0.3 is 5.97 Å². The van der Waals surface area contributed by atoms with Crippen LogP contribution in [0.4, 0.5) is 0 Å². The molecule has 0 amide bonds. The molecule has 1 aliphatic rings. The Bertz CT molecular complexity index is 475. The van der Waals surface area contributed by atoms with E-state index in [2.05, 4.69) is 0 Å². The van der Waals surface area contributed by atoms with Crippen molar-refractivity contribution in [3.05, 3.63) is 29.8 Å². The third-order valence-corrected chi connectivity index (χ3v) is 4.13. The topological polar surface area (TPSA) is 55.8 Å². The highest BCUT2D eigenvalue weighted by molar-refractivity contribution is 5.72. The predicted molar refractivity (Wildman–Crippen MR) is 80.2 cm³/mol. The molecule has 0 unspecified atom stereocenters. The van der Waals surface area contributed by atoms with Crippen LogP contribution in [-0.4, -0.2) is 29.9 Å². The lowest BCUT2D eigenvalue weighted by atomic mass is 9.79. The van der Waals surface area contributed by atoms with Crippen LogP contribution in [0.3, 0.4) is 0 Å². The highest BCUT2D eigenvalue weighted by atomic mass is 16.5. The van der Waals surface area contributed by atoms with E-state index in [-0.39, 0.29) is 18.5 Å². The number of aliphatic hydroxyl groups is 1. The SMILES string of the molecule is CCOC(=O)C1CCC(O)(COc2ccccc2C)CC1. The quantitative estimate of drug-likeness (QED) is 0.848. The Kier molecular flexibility index (Phi) is 5.23. The average Bonchev–Trinajstić information content (AvgIpc) is 2.47. The minimum atomic E-state index is -0.842. The first kappa shape index (κ1) is 15.8. The Hall–Kier alpha value is -1.55. The number of ether oxygens (including phenoxy) is 2. The zero-order valence-corrected chi connectivity index (χ0v) is 12.8. The largest absolute Gasteiger partial charge is 0.490 e.